The van der Waals surface area contributed by atoms with Crippen LogP contribution in [0.15, 0.2) is 54.7 Å². The number of hydrogen-bond donors (Lipinski definition) is 0. The summed E-state index contributed by atoms with van der Waals surface area (Å²) in [5.74, 6) is 0.0562. The number of ketones is 1. The lowest BCUT2D eigenvalue weighted by Gasteiger charge is -2.07. The van der Waals surface area contributed by atoms with Gasteiger partial charge in [-0.15, -0.1) is 0 Å². The van der Waals surface area contributed by atoms with E-state index in [9.17, 15) is 4.79 Å². The molecule has 0 saturated carbocycles. The van der Waals surface area contributed by atoms with Gasteiger partial charge in [-0.3, -0.25) is 9.48 Å². The van der Waals surface area contributed by atoms with Crippen LogP contribution in [-0.4, -0.2) is 15.6 Å². The minimum absolute atomic E-state index is 0.0562. The van der Waals surface area contributed by atoms with Crippen LogP contribution in [0, 0.1) is 13.8 Å². The molecule has 3 aromatic rings. The molecule has 0 saturated heterocycles. The van der Waals surface area contributed by atoms with Gasteiger partial charge in [0.2, 0.25) is 0 Å². The van der Waals surface area contributed by atoms with Crippen LogP contribution >= 0.6 is 0 Å². The molecule has 0 fully saturated rings. The third-order valence-corrected chi connectivity index (χ3v) is 4.78. The van der Waals surface area contributed by atoms with Gasteiger partial charge in [0.05, 0.1) is 0 Å². The second-order valence-electron chi connectivity index (χ2n) is 7.25. The second-order valence-corrected chi connectivity index (χ2v) is 7.25. The van der Waals surface area contributed by atoms with Crippen molar-refractivity contribution in [1.82, 2.24) is 9.78 Å². The molecule has 0 N–H and O–H groups in total. The average Bonchev–Trinajstić information content (AvgIpc) is 3.14. The third kappa shape index (κ3) is 4.62. The predicted molar refractivity (Wildman–Crippen MR) is 112 cm³/mol. The first kappa shape index (κ1) is 18.8. The lowest BCUT2D eigenvalue weighted by atomic mass is 9.99. The van der Waals surface area contributed by atoms with Crippen molar-refractivity contribution in [3.05, 3.63) is 88.2 Å². The van der Waals surface area contributed by atoms with E-state index < -0.39 is 0 Å². The minimum atomic E-state index is 0.0562. The predicted octanol–water partition coefficient (Wildman–Crippen LogP) is 5.68. The molecule has 0 aliphatic carbocycles. The number of carbonyl (C=O) groups is 1. The molecule has 0 bridgehead atoms. The highest BCUT2D eigenvalue weighted by Crippen LogP contribution is 2.17. The highest BCUT2D eigenvalue weighted by molar-refractivity contribution is 5.95. The highest BCUT2D eigenvalue weighted by atomic mass is 16.1. The molecule has 0 spiro atoms. The van der Waals surface area contributed by atoms with Gasteiger partial charge in [-0.1, -0.05) is 54.6 Å². The van der Waals surface area contributed by atoms with Crippen molar-refractivity contribution in [2.75, 3.05) is 0 Å². The van der Waals surface area contributed by atoms with Gasteiger partial charge in [-0.25, -0.2) is 0 Å². The molecule has 138 valence electrons. The van der Waals surface area contributed by atoms with E-state index in [-0.39, 0.29) is 11.8 Å². The van der Waals surface area contributed by atoms with E-state index in [0.717, 1.165) is 16.7 Å². The van der Waals surface area contributed by atoms with Crippen LogP contribution in [0.2, 0.25) is 0 Å². The summed E-state index contributed by atoms with van der Waals surface area (Å²) < 4.78 is 1.82. The zero-order chi connectivity index (χ0) is 19.4. The Balaban J connectivity index is 1.72. The van der Waals surface area contributed by atoms with Crippen LogP contribution in [0.5, 0.6) is 0 Å². The van der Waals surface area contributed by atoms with Crippen LogP contribution in [0.1, 0.15) is 58.2 Å². The highest BCUT2D eigenvalue weighted by Gasteiger charge is 2.13. The number of aromatic nitrogens is 2. The maximum absolute atomic E-state index is 12.5. The van der Waals surface area contributed by atoms with Gasteiger partial charge >= 0.3 is 0 Å². The molecule has 1 aromatic heterocycles. The van der Waals surface area contributed by atoms with E-state index >= 15 is 0 Å². The van der Waals surface area contributed by atoms with Gasteiger partial charge in [-0.05, 0) is 61.6 Å². The Hall–Kier alpha value is -2.94. The summed E-state index contributed by atoms with van der Waals surface area (Å²) in [6.45, 7) is 8.27. The Morgan fingerprint density at radius 1 is 1.04 bits per heavy atom. The van der Waals surface area contributed by atoms with E-state index in [0.29, 0.717) is 12.1 Å². The number of Topliss-reactive ketones (excluding diaryl/α,β-unsaturated/α-hetero) is 1. The van der Waals surface area contributed by atoms with Gasteiger partial charge in [-0.2, -0.15) is 5.10 Å². The Kier molecular flexibility index (Phi) is 5.70. The quantitative estimate of drug-likeness (QED) is 0.420. The summed E-state index contributed by atoms with van der Waals surface area (Å²) in [4.78, 5) is 12.5. The van der Waals surface area contributed by atoms with Crippen LogP contribution < -0.4 is 0 Å². The molecular weight excluding hydrogens is 332 g/mol. The molecule has 0 aliphatic rings. The number of rotatable bonds is 6. The molecule has 2 aromatic carbocycles. The zero-order valence-corrected chi connectivity index (χ0v) is 16.4. The fraction of sp³-hybridized carbons (Fsp3) is 0.250. The zero-order valence-electron chi connectivity index (χ0n) is 16.4. The summed E-state index contributed by atoms with van der Waals surface area (Å²) in [5, 5.41) is 4.38. The van der Waals surface area contributed by atoms with Gasteiger partial charge in [0.25, 0.3) is 0 Å². The summed E-state index contributed by atoms with van der Waals surface area (Å²) in [6.07, 6.45) is 6.49. The van der Waals surface area contributed by atoms with Crippen LogP contribution in [0.25, 0.3) is 12.2 Å². The van der Waals surface area contributed by atoms with Gasteiger partial charge in [0.15, 0.2) is 5.78 Å². The molecule has 3 rings (SSSR count). The van der Waals surface area contributed by atoms with E-state index in [2.05, 4.69) is 69.2 Å². The van der Waals surface area contributed by atoms with Crippen molar-refractivity contribution in [2.45, 2.75) is 40.2 Å². The SMILES string of the molecule is Cc1ccccc1/C=C/c1ccc(CC(=O)c2ccn(C(C)C)n2)c(C)c1. The Labute approximate surface area is 161 Å². The molecular formula is C24H26N2O. The van der Waals surface area contributed by atoms with Crippen LogP contribution in [-0.2, 0) is 6.42 Å². The number of benzene rings is 2. The maximum atomic E-state index is 12.5. The fourth-order valence-electron chi connectivity index (χ4n) is 3.02. The molecule has 1 heterocycles. The minimum Gasteiger partial charge on any atom is -0.292 e. The van der Waals surface area contributed by atoms with Gasteiger partial charge in [0, 0.05) is 18.7 Å². The van der Waals surface area contributed by atoms with Gasteiger partial charge in [0.1, 0.15) is 5.69 Å². The standard InChI is InChI=1S/C24H26N2O/c1-17(2)26-14-13-23(25-26)24(27)16-22-12-10-20(15-19(22)4)9-11-21-8-6-5-7-18(21)3/h5-15,17H,16H2,1-4H3/b11-9+. The Bertz CT molecular complexity index is 980. The third-order valence-electron chi connectivity index (χ3n) is 4.78. The van der Waals surface area contributed by atoms with Crippen molar-refractivity contribution < 1.29 is 4.79 Å². The van der Waals surface area contributed by atoms with Crippen LogP contribution in [0.3, 0.4) is 0 Å². The monoisotopic (exact) mass is 358 g/mol. The fourth-order valence-corrected chi connectivity index (χ4v) is 3.02. The summed E-state index contributed by atoms with van der Waals surface area (Å²) in [5.41, 5.74) is 6.32. The molecule has 3 heteroatoms. The normalized spacial score (nSPS) is 11.4. The average molecular weight is 358 g/mol. The lowest BCUT2D eigenvalue weighted by Crippen LogP contribution is -2.08. The van der Waals surface area contributed by atoms with Crippen molar-refractivity contribution in [3.63, 3.8) is 0 Å². The molecule has 0 atom stereocenters. The molecule has 0 amide bonds. The van der Waals surface area contributed by atoms with Crippen LogP contribution in [0.4, 0.5) is 0 Å². The molecule has 0 unspecified atom stereocenters. The Morgan fingerprint density at radius 2 is 1.81 bits per heavy atom. The summed E-state index contributed by atoms with van der Waals surface area (Å²) in [6, 6.07) is 16.6. The molecule has 0 aliphatic heterocycles. The second kappa shape index (κ2) is 8.17. The van der Waals surface area contributed by atoms with Crippen molar-refractivity contribution in [2.24, 2.45) is 0 Å². The topological polar surface area (TPSA) is 34.9 Å². The first-order valence-electron chi connectivity index (χ1n) is 9.35. The summed E-state index contributed by atoms with van der Waals surface area (Å²) >= 11 is 0. The van der Waals surface area contributed by atoms with Gasteiger partial charge < -0.3 is 0 Å². The van der Waals surface area contributed by atoms with Crippen molar-refractivity contribution in [3.8, 4) is 0 Å². The number of carbonyl (C=O) groups excluding carboxylic acids is 1. The van der Waals surface area contributed by atoms with Crippen molar-refractivity contribution >= 4 is 17.9 Å². The largest absolute Gasteiger partial charge is 0.292 e. The number of aryl methyl sites for hydroxylation is 2. The summed E-state index contributed by atoms with van der Waals surface area (Å²) in [7, 11) is 0. The molecule has 0 radical (unpaired) electrons. The maximum Gasteiger partial charge on any atom is 0.187 e. The van der Waals surface area contributed by atoms with E-state index in [4.69, 9.17) is 0 Å². The molecule has 3 nitrogen and oxygen atoms in total. The van der Waals surface area contributed by atoms with E-state index in [1.165, 1.54) is 11.1 Å². The van der Waals surface area contributed by atoms with E-state index in [1.807, 2.05) is 29.1 Å². The molecule has 27 heavy (non-hydrogen) atoms. The smallest absolute Gasteiger partial charge is 0.187 e. The Morgan fingerprint density at radius 3 is 2.48 bits per heavy atom. The van der Waals surface area contributed by atoms with Crippen molar-refractivity contribution in [1.29, 1.82) is 0 Å². The van der Waals surface area contributed by atoms with E-state index in [1.54, 1.807) is 6.07 Å². The number of hydrogen-bond acceptors (Lipinski definition) is 2. The first-order valence-corrected chi connectivity index (χ1v) is 9.35. The number of nitrogens with zero attached hydrogens (tertiary/aromatic N) is 2. The lowest BCUT2D eigenvalue weighted by molar-refractivity contribution is 0.0987. The first-order chi connectivity index (χ1) is 12.9.